The van der Waals surface area contributed by atoms with E-state index in [-0.39, 0.29) is 0 Å². The van der Waals surface area contributed by atoms with Gasteiger partial charge in [0.1, 0.15) is 0 Å². The zero-order chi connectivity index (χ0) is 6.15. The van der Waals surface area contributed by atoms with E-state index in [1.54, 1.807) is 0 Å². The first-order valence-corrected chi connectivity index (χ1v) is 3.79. The largest absolute Gasteiger partial charge is 0.279 e. The fraction of sp³-hybridized carbons (Fsp3) is 0.833. The maximum atomic E-state index is 4.35. The Hall–Kier alpha value is 0.0200. The minimum atomic E-state index is 0.542. The van der Waals surface area contributed by atoms with Crippen LogP contribution < -0.4 is 0 Å². The third-order valence-corrected chi connectivity index (χ3v) is 2.63. The predicted molar refractivity (Wildman–Crippen MR) is 39.6 cm³/mol. The van der Waals surface area contributed by atoms with Crippen molar-refractivity contribution in [3.8, 4) is 0 Å². The molecule has 0 N–H and O–H groups in total. The summed E-state index contributed by atoms with van der Waals surface area (Å²) in [5.74, 6) is 0. The Bertz CT molecular complexity index is 120. The number of rotatable bonds is 0. The lowest BCUT2D eigenvalue weighted by molar-refractivity contribution is 0.749. The van der Waals surface area contributed by atoms with Gasteiger partial charge >= 0.3 is 0 Å². The monoisotopic (exact) mass is 129 g/mol. The second-order valence-corrected chi connectivity index (χ2v) is 3.78. The van der Waals surface area contributed by atoms with Crippen LogP contribution in [0.2, 0.25) is 0 Å². The van der Waals surface area contributed by atoms with Gasteiger partial charge in [0.25, 0.3) is 0 Å². The van der Waals surface area contributed by atoms with E-state index in [4.69, 9.17) is 0 Å². The van der Waals surface area contributed by atoms with Crippen molar-refractivity contribution < 1.29 is 0 Å². The van der Waals surface area contributed by atoms with Crippen molar-refractivity contribution in [1.82, 2.24) is 0 Å². The average Bonchev–Trinajstić information content (AvgIpc) is 1.85. The van der Waals surface area contributed by atoms with Crippen LogP contribution in [0.4, 0.5) is 0 Å². The van der Waals surface area contributed by atoms with Gasteiger partial charge in [-0.2, -0.15) is 0 Å². The standard InChI is InChI=1S/C6H11NS/c1-4-5(2)8-6(3)7-4/h4-5H,1-3H3/t4-,5-/m1/s1. The Balaban J connectivity index is 2.56. The maximum Gasteiger partial charge on any atom is 0.0652 e. The molecule has 1 heterocycles. The summed E-state index contributed by atoms with van der Waals surface area (Å²) in [5, 5.41) is 1.94. The van der Waals surface area contributed by atoms with E-state index in [9.17, 15) is 0 Å². The quantitative estimate of drug-likeness (QED) is 0.487. The van der Waals surface area contributed by atoms with Gasteiger partial charge < -0.3 is 0 Å². The van der Waals surface area contributed by atoms with Gasteiger partial charge in [0.05, 0.1) is 11.1 Å². The molecule has 1 aliphatic rings. The van der Waals surface area contributed by atoms with Crippen molar-refractivity contribution in [2.24, 2.45) is 4.99 Å². The van der Waals surface area contributed by atoms with Gasteiger partial charge in [-0.05, 0) is 13.8 Å². The molecule has 0 spiro atoms. The molecule has 0 aromatic carbocycles. The third-order valence-electron chi connectivity index (χ3n) is 1.42. The van der Waals surface area contributed by atoms with Gasteiger partial charge in [0.2, 0.25) is 0 Å². The van der Waals surface area contributed by atoms with Gasteiger partial charge in [-0.3, -0.25) is 4.99 Å². The topological polar surface area (TPSA) is 12.4 Å². The van der Waals surface area contributed by atoms with Crippen molar-refractivity contribution in [1.29, 1.82) is 0 Å². The van der Waals surface area contributed by atoms with E-state index < -0.39 is 0 Å². The fourth-order valence-corrected chi connectivity index (χ4v) is 1.81. The Morgan fingerprint density at radius 1 is 1.50 bits per heavy atom. The summed E-state index contributed by atoms with van der Waals surface area (Å²) in [6.07, 6.45) is 0. The molecule has 0 bridgehead atoms. The van der Waals surface area contributed by atoms with Crippen molar-refractivity contribution in [2.45, 2.75) is 32.1 Å². The number of hydrogen-bond acceptors (Lipinski definition) is 2. The van der Waals surface area contributed by atoms with Crippen LogP contribution in [0.15, 0.2) is 4.99 Å². The van der Waals surface area contributed by atoms with E-state index >= 15 is 0 Å². The Morgan fingerprint density at radius 2 is 2.12 bits per heavy atom. The highest BCUT2D eigenvalue weighted by atomic mass is 32.2. The molecule has 1 aliphatic heterocycles. The lowest BCUT2D eigenvalue weighted by Gasteiger charge is -2.02. The molecule has 0 unspecified atom stereocenters. The van der Waals surface area contributed by atoms with E-state index in [1.807, 2.05) is 11.8 Å². The van der Waals surface area contributed by atoms with Crippen LogP contribution in [0, 0.1) is 0 Å². The lowest BCUT2D eigenvalue weighted by atomic mass is 10.3. The number of thioether (sulfide) groups is 1. The Morgan fingerprint density at radius 3 is 2.25 bits per heavy atom. The number of hydrogen-bond donors (Lipinski definition) is 0. The number of nitrogens with zero attached hydrogens (tertiary/aromatic N) is 1. The first-order valence-electron chi connectivity index (χ1n) is 2.91. The van der Waals surface area contributed by atoms with Crippen LogP contribution in [0.3, 0.4) is 0 Å². The third kappa shape index (κ3) is 1.05. The Kier molecular flexibility index (Phi) is 1.61. The number of aliphatic imine (C=N–C) groups is 1. The van der Waals surface area contributed by atoms with E-state index in [0.29, 0.717) is 11.3 Å². The molecule has 8 heavy (non-hydrogen) atoms. The van der Waals surface area contributed by atoms with Gasteiger partial charge in [-0.15, -0.1) is 11.8 Å². The fourth-order valence-electron chi connectivity index (χ4n) is 0.790. The lowest BCUT2D eigenvalue weighted by Crippen LogP contribution is -2.07. The van der Waals surface area contributed by atoms with Crippen molar-refractivity contribution >= 4 is 16.8 Å². The van der Waals surface area contributed by atoms with E-state index in [2.05, 4.69) is 25.8 Å². The molecule has 0 aromatic heterocycles. The molecule has 0 saturated heterocycles. The maximum absolute atomic E-state index is 4.35. The molecule has 1 nitrogen and oxygen atoms in total. The van der Waals surface area contributed by atoms with Gasteiger partial charge in [-0.25, -0.2) is 0 Å². The summed E-state index contributed by atoms with van der Waals surface area (Å²) in [4.78, 5) is 4.35. The van der Waals surface area contributed by atoms with Crippen LogP contribution >= 0.6 is 11.8 Å². The van der Waals surface area contributed by atoms with Crippen LogP contribution in [-0.4, -0.2) is 16.3 Å². The first-order chi connectivity index (χ1) is 3.70. The summed E-state index contributed by atoms with van der Waals surface area (Å²) in [7, 11) is 0. The van der Waals surface area contributed by atoms with Gasteiger partial charge in [0.15, 0.2) is 0 Å². The minimum absolute atomic E-state index is 0.542. The van der Waals surface area contributed by atoms with E-state index in [0.717, 1.165) is 0 Å². The van der Waals surface area contributed by atoms with Crippen LogP contribution in [0.25, 0.3) is 0 Å². The normalized spacial score (nSPS) is 37.6. The molecule has 0 amide bonds. The highest BCUT2D eigenvalue weighted by molar-refractivity contribution is 8.14. The van der Waals surface area contributed by atoms with Crippen molar-refractivity contribution in [2.75, 3.05) is 0 Å². The molecule has 0 fully saturated rings. The molecule has 46 valence electrons. The zero-order valence-electron chi connectivity index (χ0n) is 5.51. The van der Waals surface area contributed by atoms with Crippen LogP contribution in [0.1, 0.15) is 20.8 Å². The first kappa shape index (κ1) is 6.14. The second kappa shape index (κ2) is 2.09. The molecule has 2 atom stereocenters. The summed E-state index contributed by atoms with van der Waals surface area (Å²) >= 11 is 1.88. The van der Waals surface area contributed by atoms with Crippen molar-refractivity contribution in [3.05, 3.63) is 0 Å². The molecule has 2 heteroatoms. The van der Waals surface area contributed by atoms with Crippen LogP contribution in [0.5, 0.6) is 0 Å². The molecule has 0 radical (unpaired) electrons. The Labute approximate surface area is 54.6 Å². The minimum Gasteiger partial charge on any atom is -0.279 e. The highest BCUT2D eigenvalue weighted by Gasteiger charge is 2.18. The molecule has 0 aliphatic carbocycles. The summed E-state index contributed by atoms with van der Waals surface area (Å²) < 4.78 is 0. The second-order valence-electron chi connectivity index (χ2n) is 2.21. The summed E-state index contributed by atoms with van der Waals surface area (Å²) in [5.41, 5.74) is 0. The molecular weight excluding hydrogens is 118 g/mol. The average molecular weight is 129 g/mol. The zero-order valence-corrected chi connectivity index (χ0v) is 6.33. The molecule has 0 aromatic rings. The molecular formula is C6H11NS. The summed E-state index contributed by atoms with van der Waals surface area (Å²) in [6, 6.07) is 0.542. The molecule has 0 saturated carbocycles. The smallest absolute Gasteiger partial charge is 0.0652 e. The van der Waals surface area contributed by atoms with Crippen LogP contribution in [-0.2, 0) is 0 Å². The predicted octanol–water partition coefficient (Wildman–Crippen LogP) is 1.93. The summed E-state index contributed by atoms with van der Waals surface area (Å²) in [6.45, 7) is 6.45. The highest BCUT2D eigenvalue weighted by Crippen LogP contribution is 2.25. The van der Waals surface area contributed by atoms with Gasteiger partial charge in [0, 0.05) is 5.25 Å². The SMILES string of the molecule is CC1=N[C@H](C)[C@@H](C)S1. The molecule has 1 rings (SSSR count). The van der Waals surface area contributed by atoms with Gasteiger partial charge in [-0.1, -0.05) is 6.92 Å². The van der Waals surface area contributed by atoms with Crippen molar-refractivity contribution in [3.63, 3.8) is 0 Å². The van der Waals surface area contributed by atoms with E-state index in [1.165, 1.54) is 5.04 Å².